The van der Waals surface area contributed by atoms with Crippen molar-refractivity contribution >= 4 is 15.9 Å². The van der Waals surface area contributed by atoms with Crippen molar-refractivity contribution in [1.82, 2.24) is 9.78 Å². The summed E-state index contributed by atoms with van der Waals surface area (Å²) in [6, 6.07) is 2.58. The third kappa shape index (κ3) is 2.55. The molecule has 102 valence electrons. The Bertz CT molecular complexity index is 623. The van der Waals surface area contributed by atoms with Crippen LogP contribution in [0.1, 0.15) is 22.5 Å². The van der Waals surface area contributed by atoms with Crippen molar-refractivity contribution in [2.75, 3.05) is 0 Å². The lowest BCUT2D eigenvalue weighted by Gasteiger charge is -2.08. The number of hydrogen-bond acceptors (Lipinski definition) is 2. The minimum absolute atomic E-state index is 0.0106. The van der Waals surface area contributed by atoms with E-state index in [4.69, 9.17) is 5.73 Å². The molecule has 0 aliphatic heterocycles. The van der Waals surface area contributed by atoms with Gasteiger partial charge in [0.1, 0.15) is 11.6 Å². The number of rotatable bonds is 3. The van der Waals surface area contributed by atoms with Crippen molar-refractivity contribution in [3.8, 4) is 0 Å². The second kappa shape index (κ2) is 5.38. The summed E-state index contributed by atoms with van der Waals surface area (Å²) in [4.78, 5) is 0. The van der Waals surface area contributed by atoms with E-state index >= 15 is 0 Å². The van der Waals surface area contributed by atoms with Crippen LogP contribution in [-0.4, -0.2) is 9.78 Å². The van der Waals surface area contributed by atoms with E-state index < -0.39 is 11.6 Å². The van der Waals surface area contributed by atoms with E-state index in [1.165, 1.54) is 12.1 Å². The van der Waals surface area contributed by atoms with Gasteiger partial charge in [-0.05, 0) is 41.9 Å². The Morgan fingerprint density at radius 3 is 2.53 bits per heavy atom. The lowest BCUT2D eigenvalue weighted by Crippen LogP contribution is -2.09. The molecule has 2 rings (SSSR count). The molecule has 0 bridgehead atoms. The Labute approximate surface area is 118 Å². The molecule has 1 heterocycles. The Kier molecular flexibility index (Phi) is 4.01. The molecule has 0 amide bonds. The first-order valence-corrected chi connectivity index (χ1v) is 6.60. The molecule has 2 aromatic rings. The van der Waals surface area contributed by atoms with Crippen LogP contribution in [0.25, 0.3) is 0 Å². The zero-order valence-electron chi connectivity index (χ0n) is 10.7. The molecule has 0 fully saturated rings. The molecule has 0 aliphatic rings. The molecule has 1 aromatic carbocycles. The molecule has 0 unspecified atom stereocenters. The Hall–Kier alpha value is -1.27. The van der Waals surface area contributed by atoms with Gasteiger partial charge < -0.3 is 5.73 Å². The maximum absolute atomic E-state index is 13.9. The summed E-state index contributed by atoms with van der Waals surface area (Å²) in [5.41, 5.74) is 8.16. The maximum atomic E-state index is 13.9. The van der Waals surface area contributed by atoms with E-state index in [-0.39, 0.29) is 16.6 Å². The average molecular weight is 330 g/mol. The summed E-state index contributed by atoms with van der Waals surface area (Å²) in [6.07, 6.45) is 0. The highest BCUT2D eigenvalue weighted by atomic mass is 79.9. The third-order valence-corrected chi connectivity index (χ3v) is 3.79. The van der Waals surface area contributed by atoms with E-state index in [0.717, 1.165) is 17.0 Å². The fourth-order valence-corrected chi connectivity index (χ4v) is 2.42. The van der Waals surface area contributed by atoms with Crippen LogP contribution in [-0.2, 0) is 13.1 Å². The Balaban J connectivity index is 2.45. The van der Waals surface area contributed by atoms with Gasteiger partial charge in [0.05, 0.1) is 16.7 Å². The summed E-state index contributed by atoms with van der Waals surface area (Å²) in [6.45, 7) is 4.08. The van der Waals surface area contributed by atoms with Crippen LogP contribution in [0.15, 0.2) is 16.6 Å². The van der Waals surface area contributed by atoms with Crippen molar-refractivity contribution in [2.24, 2.45) is 5.73 Å². The van der Waals surface area contributed by atoms with E-state index in [1.54, 1.807) is 4.68 Å². The highest BCUT2D eigenvalue weighted by molar-refractivity contribution is 9.10. The number of hydrogen-bond donors (Lipinski definition) is 1. The summed E-state index contributed by atoms with van der Waals surface area (Å²) in [5, 5.41) is 4.28. The highest BCUT2D eigenvalue weighted by Crippen LogP contribution is 2.23. The van der Waals surface area contributed by atoms with Crippen LogP contribution in [0.5, 0.6) is 0 Å². The highest BCUT2D eigenvalue weighted by Gasteiger charge is 2.16. The molecule has 0 saturated carbocycles. The molecular weight excluding hydrogens is 316 g/mol. The van der Waals surface area contributed by atoms with Gasteiger partial charge in [0.15, 0.2) is 0 Å². The SMILES string of the molecule is Cc1nn(Cc2c(F)ccc(Br)c2F)c(C)c1CN. The topological polar surface area (TPSA) is 43.8 Å². The zero-order chi connectivity index (χ0) is 14.2. The van der Waals surface area contributed by atoms with Crippen LogP contribution < -0.4 is 5.73 Å². The molecule has 0 atom stereocenters. The summed E-state index contributed by atoms with van der Waals surface area (Å²) in [7, 11) is 0. The number of nitrogens with two attached hydrogens (primary N) is 1. The number of halogens is 3. The number of aromatic nitrogens is 2. The van der Waals surface area contributed by atoms with E-state index in [0.29, 0.717) is 6.54 Å². The Morgan fingerprint density at radius 2 is 1.95 bits per heavy atom. The van der Waals surface area contributed by atoms with Gasteiger partial charge in [0, 0.05) is 23.4 Å². The summed E-state index contributed by atoms with van der Waals surface area (Å²) >= 11 is 3.05. The lowest BCUT2D eigenvalue weighted by atomic mass is 10.2. The average Bonchev–Trinajstić information content (AvgIpc) is 2.64. The molecule has 3 nitrogen and oxygen atoms in total. The fraction of sp³-hybridized carbons (Fsp3) is 0.308. The van der Waals surface area contributed by atoms with Crippen LogP contribution in [0.4, 0.5) is 8.78 Å². The summed E-state index contributed by atoms with van der Waals surface area (Å²) < 4.78 is 29.4. The van der Waals surface area contributed by atoms with Gasteiger partial charge in [-0.15, -0.1) is 0 Å². The first kappa shape index (κ1) is 14.1. The predicted molar refractivity (Wildman–Crippen MR) is 72.8 cm³/mol. The largest absolute Gasteiger partial charge is 0.326 e. The van der Waals surface area contributed by atoms with Gasteiger partial charge in [0.2, 0.25) is 0 Å². The van der Waals surface area contributed by atoms with E-state index in [2.05, 4.69) is 21.0 Å². The monoisotopic (exact) mass is 329 g/mol. The molecule has 2 N–H and O–H groups in total. The fourth-order valence-electron chi connectivity index (χ4n) is 2.05. The maximum Gasteiger partial charge on any atom is 0.145 e. The molecule has 0 aliphatic carbocycles. The van der Waals surface area contributed by atoms with Crippen LogP contribution in [0, 0.1) is 25.5 Å². The van der Waals surface area contributed by atoms with Gasteiger partial charge in [-0.2, -0.15) is 5.10 Å². The first-order valence-electron chi connectivity index (χ1n) is 5.81. The molecular formula is C13H14BrF2N3. The van der Waals surface area contributed by atoms with E-state index in [1.807, 2.05) is 13.8 Å². The molecule has 19 heavy (non-hydrogen) atoms. The second-order valence-corrected chi connectivity index (χ2v) is 5.19. The van der Waals surface area contributed by atoms with Gasteiger partial charge >= 0.3 is 0 Å². The normalized spacial score (nSPS) is 11.1. The zero-order valence-corrected chi connectivity index (χ0v) is 12.3. The minimum atomic E-state index is -0.596. The van der Waals surface area contributed by atoms with Crippen LogP contribution in [0.3, 0.4) is 0 Å². The Morgan fingerprint density at radius 1 is 1.26 bits per heavy atom. The lowest BCUT2D eigenvalue weighted by molar-refractivity contribution is 0.525. The van der Waals surface area contributed by atoms with Crippen LogP contribution >= 0.6 is 15.9 Å². The van der Waals surface area contributed by atoms with Crippen molar-refractivity contribution in [3.05, 3.63) is 50.8 Å². The van der Waals surface area contributed by atoms with Gasteiger partial charge in [-0.25, -0.2) is 8.78 Å². The van der Waals surface area contributed by atoms with Crippen molar-refractivity contribution in [1.29, 1.82) is 0 Å². The van der Waals surface area contributed by atoms with Crippen LogP contribution in [0.2, 0.25) is 0 Å². The van der Waals surface area contributed by atoms with Crippen molar-refractivity contribution in [2.45, 2.75) is 26.9 Å². The predicted octanol–water partition coefficient (Wildman–Crippen LogP) is 3.05. The first-order chi connectivity index (χ1) is 8.95. The minimum Gasteiger partial charge on any atom is -0.326 e. The molecule has 0 spiro atoms. The quantitative estimate of drug-likeness (QED) is 0.879. The smallest absolute Gasteiger partial charge is 0.145 e. The van der Waals surface area contributed by atoms with Crippen molar-refractivity contribution < 1.29 is 8.78 Å². The van der Waals surface area contributed by atoms with Gasteiger partial charge in [0.25, 0.3) is 0 Å². The number of aryl methyl sites for hydroxylation is 1. The van der Waals surface area contributed by atoms with Gasteiger partial charge in [-0.1, -0.05) is 0 Å². The summed E-state index contributed by atoms with van der Waals surface area (Å²) in [5.74, 6) is -1.18. The second-order valence-electron chi connectivity index (χ2n) is 4.33. The molecule has 1 aromatic heterocycles. The molecule has 0 saturated heterocycles. The van der Waals surface area contributed by atoms with E-state index in [9.17, 15) is 8.78 Å². The number of nitrogens with zero attached hydrogens (tertiary/aromatic N) is 2. The van der Waals surface area contributed by atoms with Crippen molar-refractivity contribution in [3.63, 3.8) is 0 Å². The molecule has 0 radical (unpaired) electrons. The molecule has 6 heteroatoms. The standard InChI is InChI=1S/C13H14BrF2N3/c1-7-9(5-17)8(2)19(18-7)6-10-12(15)4-3-11(14)13(10)16/h3-4H,5-6,17H2,1-2H3. The third-order valence-electron chi connectivity index (χ3n) is 3.18. The number of benzene rings is 1. The van der Waals surface area contributed by atoms with Gasteiger partial charge in [-0.3, -0.25) is 4.68 Å².